The first-order valence-electron chi connectivity index (χ1n) is 20.8. The summed E-state index contributed by atoms with van der Waals surface area (Å²) in [6.07, 6.45) is 17.0. The van der Waals surface area contributed by atoms with Gasteiger partial charge in [-0.15, -0.1) is 10.2 Å². The van der Waals surface area contributed by atoms with Crippen LogP contribution in [0.5, 0.6) is 0 Å². The molecule has 1 unspecified atom stereocenters. The Hall–Kier alpha value is -5.61. The molecule has 9 heterocycles. The van der Waals surface area contributed by atoms with Crippen LogP contribution in [-0.4, -0.2) is 82.5 Å². The molecule has 0 radical (unpaired) electrons. The van der Waals surface area contributed by atoms with E-state index < -0.39 is 0 Å². The maximum absolute atomic E-state index is 11.9. The van der Waals surface area contributed by atoms with E-state index in [2.05, 4.69) is 76.2 Å². The fourth-order valence-corrected chi connectivity index (χ4v) is 10.2. The third-order valence-corrected chi connectivity index (χ3v) is 13.7. The first-order chi connectivity index (χ1) is 29.2. The molecule has 0 spiro atoms. The van der Waals surface area contributed by atoms with Crippen LogP contribution in [0.4, 0.5) is 17.6 Å². The zero-order valence-corrected chi connectivity index (χ0v) is 35.3. The summed E-state index contributed by atoms with van der Waals surface area (Å²) in [4.78, 5) is 65.7. The van der Waals surface area contributed by atoms with Crippen molar-refractivity contribution in [3.8, 4) is 0 Å². The Morgan fingerprint density at radius 3 is 2.33 bits per heavy atom. The standard InChI is InChI=1S/C23H22N4O2S.C21H25N7OS/c1-14-4-2-5-15-10-18(26-22(14)15)16-6-3-9-27(13-16)23-24-8-7-17(25-23)11-20-19(28)12-21(29)30-20;1-14-17(30-21(29)23-14)13-16-6-9-22-20(24-16)27-11-7-15(8-12-27)19-26-25-18-5-3-2-4-10-28(18)19/h2,4-5,7-8,11,16H,3,6,9-10,12-13H2,1H3;6,9,13,15H,1-5,7-8,10-12H2,(H,23,29)/b20-11-;17-13-. The molecule has 14 nitrogen and oxygen atoms in total. The number of Topliss-reactive ketones (excluding diaryl/α,β-unsaturated/α-hetero) is 1. The SMILES string of the molecule is C=c1[nH]c(=O)s/c1=C\c1ccnc(N2CCC(c3nnc4n3CCCCC4)CC2)n1.Cc1cccc2c1N=C(C1CCCN(c3nccc(/C=C4\SC(=O)CC4=O)n3)C1)C2. The number of nitrogens with zero attached hydrogens (tertiary/aromatic N) is 10. The van der Waals surface area contributed by atoms with E-state index in [1.807, 2.05) is 12.1 Å². The quantitative estimate of drug-likeness (QED) is 0.178. The average molecular weight is 842 g/mol. The van der Waals surface area contributed by atoms with Gasteiger partial charge in [0.1, 0.15) is 11.6 Å². The number of aryl methyl sites for hydroxylation is 2. The van der Waals surface area contributed by atoms with Crippen LogP contribution in [0.1, 0.15) is 91.4 Å². The Kier molecular flexibility index (Phi) is 11.6. The maximum Gasteiger partial charge on any atom is 0.305 e. The molecule has 16 heteroatoms. The smallest absolute Gasteiger partial charge is 0.305 e. The second-order valence-electron chi connectivity index (χ2n) is 16.0. The molecule has 5 aliphatic rings. The van der Waals surface area contributed by atoms with Gasteiger partial charge >= 0.3 is 4.87 Å². The Balaban J connectivity index is 0.000000154. The van der Waals surface area contributed by atoms with Gasteiger partial charge in [0.15, 0.2) is 5.78 Å². The highest BCUT2D eigenvalue weighted by Gasteiger charge is 2.31. The number of aromatic nitrogens is 8. The second kappa shape index (κ2) is 17.5. The number of benzene rings is 1. The molecular formula is C44H47N11O3S2. The molecule has 1 N–H and O–H groups in total. The van der Waals surface area contributed by atoms with Gasteiger partial charge in [-0.05, 0) is 92.6 Å². The van der Waals surface area contributed by atoms with Crippen LogP contribution in [0.2, 0.25) is 0 Å². The number of carbonyl (C=O) groups excluding carboxylic acids is 2. The predicted octanol–water partition coefficient (Wildman–Crippen LogP) is 5.07. The largest absolute Gasteiger partial charge is 0.341 e. The maximum atomic E-state index is 11.9. The van der Waals surface area contributed by atoms with Gasteiger partial charge in [0, 0.05) is 75.5 Å². The third-order valence-electron chi connectivity index (χ3n) is 11.8. The summed E-state index contributed by atoms with van der Waals surface area (Å²) in [5.74, 6) is 4.44. The number of hydrogen-bond donors (Lipinski definition) is 1. The lowest BCUT2D eigenvalue weighted by Gasteiger charge is -2.33. The lowest BCUT2D eigenvalue weighted by molar-refractivity contribution is -0.119. The number of aromatic amines is 1. The number of rotatable bonds is 6. The zero-order valence-electron chi connectivity index (χ0n) is 33.7. The minimum absolute atomic E-state index is 0.0216. The number of piperidine rings is 2. The molecule has 60 heavy (non-hydrogen) atoms. The van der Waals surface area contributed by atoms with Gasteiger partial charge in [-0.3, -0.25) is 19.4 Å². The number of fused-ring (bicyclic) bond motifs is 2. The van der Waals surface area contributed by atoms with Crippen LogP contribution in [0, 0.1) is 12.8 Å². The van der Waals surface area contributed by atoms with Crippen molar-refractivity contribution in [2.45, 2.75) is 83.6 Å². The van der Waals surface area contributed by atoms with E-state index in [0.29, 0.717) is 33.7 Å². The number of para-hydroxylation sites is 1. The van der Waals surface area contributed by atoms with Gasteiger partial charge in [-0.1, -0.05) is 42.5 Å². The van der Waals surface area contributed by atoms with Crippen LogP contribution in [0.15, 0.2) is 57.4 Å². The molecule has 5 aliphatic heterocycles. The number of anilines is 2. The van der Waals surface area contributed by atoms with Gasteiger partial charge in [-0.25, -0.2) is 19.9 Å². The molecule has 0 saturated carbocycles. The van der Waals surface area contributed by atoms with E-state index in [4.69, 9.17) is 9.98 Å². The molecule has 0 aliphatic carbocycles. The van der Waals surface area contributed by atoms with Gasteiger partial charge in [0.2, 0.25) is 17.0 Å². The van der Waals surface area contributed by atoms with Crippen LogP contribution in [-0.2, 0) is 29.0 Å². The predicted molar refractivity (Wildman–Crippen MR) is 236 cm³/mol. The van der Waals surface area contributed by atoms with E-state index in [1.165, 1.54) is 41.9 Å². The Morgan fingerprint density at radius 2 is 1.60 bits per heavy atom. The van der Waals surface area contributed by atoms with Gasteiger partial charge < -0.3 is 19.4 Å². The van der Waals surface area contributed by atoms with E-state index >= 15 is 0 Å². The normalized spacial score (nSPS) is 20.5. The van der Waals surface area contributed by atoms with E-state index in [-0.39, 0.29) is 22.2 Å². The molecule has 3 fully saturated rings. The second-order valence-corrected chi connectivity index (χ2v) is 18.1. The number of ketones is 1. The summed E-state index contributed by atoms with van der Waals surface area (Å²) in [6.45, 7) is 10.6. The van der Waals surface area contributed by atoms with Crippen LogP contribution < -0.4 is 24.6 Å². The van der Waals surface area contributed by atoms with E-state index in [0.717, 1.165) is 122 Å². The lowest BCUT2D eigenvalue weighted by atomic mass is 9.91. The number of thioether (sulfide) groups is 1. The molecular weight excluding hydrogens is 795 g/mol. The molecule has 1 atom stereocenters. The highest BCUT2D eigenvalue weighted by molar-refractivity contribution is 8.18. The first kappa shape index (κ1) is 39.8. The fraction of sp³-hybridized carbons (Fsp3) is 0.409. The van der Waals surface area contributed by atoms with Gasteiger partial charge in [0.25, 0.3) is 0 Å². The molecule has 3 saturated heterocycles. The van der Waals surface area contributed by atoms with Crippen molar-refractivity contribution in [1.29, 1.82) is 0 Å². The summed E-state index contributed by atoms with van der Waals surface area (Å²) in [6, 6.07) is 10.0. The number of hydrogen-bond acceptors (Lipinski definition) is 14. The van der Waals surface area contributed by atoms with Crippen molar-refractivity contribution in [3.05, 3.63) is 101 Å². The van der Waals surface area contributed by atoms with Crippen molar-refractivity contribution in [1.82, 2.24) is 39.7 Å². The van der Waals surface area contributed by atoms with E-state index in [1.54, 1.807) is 24.5 Å². The summed E-state index contributed by atoms with van der Waals surface area (Å²) in [7, 11) is 0. The van der Waals surface area contributed by atoms with Crippen molar-refractivity contribution in [3.63, 3.8) is 0 Å². The number of aliphatic imine (C=N–C) groups is 1. The number of thiazole rings is 1. The topological polar surface area (TPSA) is 168 Å². The number of carbonyl (C=O) groups is 2. The van der Waals surface area contributed by atoms with Crippen molar-refractivity contribution >= 4 is 76.0 Å². The van der Waals surface area contributed by atoms with Crippen molar-refractivity contribution in [2.75, 3.05) is 36.0 Å². The molecule has 4 aromatic heterocycles. The monoisotopic (exact) mass is 841 g/mol. The van der Waals surface area contributed by atoms with E-state index in [9.17, 15) is 14.4 Å². The zero-order chi connectivity index (χ0) is 41.2. The highest BCUT2D eigenvalue weighted by Crippen LogP contribution is 2.35. The molecule has 308 valence electrons. The summed E-state index contributed by atoms with van der Waals surface area (Å²) >= 11 is 2.15. The Bertz CT molecular complexity index is 2680. The van der Waals surface area contributed by atoms with Crippen LogP contribution >= 0.6 is 23.1 Å². The number of allylic oxidation sites excluding steroid dienone is 1. The minimum atomic E-state index is -0.127. The minimum Gasteiger partial charge on any atom is -0.341 e. The number of H-pyrrole nitrogens is 1. The number of nitrogens with one attached hydrogen (secondary N) is 1. The van der Waals surface area contributed by atoms with Gasteiger partial charge in [-0.2, -0.15) is 0 Å². The molecule has 5 aromatic rings. The van der Waals surface area contributed by atoms with Crippen LogP contribution in [0.25, 0.3) is 18.7 Å². The highest BCUT2D eigenvalue weighted by atomic mass is 32.2. The fourth-order valence-electron chi connectivity index (χ4n) is 8.70. The lowest BCUT2D eigenvalue weighted by Crippen LogP contribution is -2.39. The molecule has 0 amide bonds. The Labute approximate surface area is 355 Å². The summed E-state index contributed by atoms with van der Waals surface area (Å²) in [5, 5.41) is 9.55. The third kappa shape index (κ3) is 8.80. The van der Waals surface area contributed by atoms with Gasteiger partial charge in [0.05, 0.1) is 38.3 Å². The first-order valence-corrected chi connectivity index (χ1v) is 22.5. The average Bonchev–Trinajstić information content (AvgIpc) is 4.00. The van der Waals surface area contributed by atoms with Crippen molar-refractivity contribution in [2.24, 2.45) is 10.9 Å². The Morgan fingerprint density at radius 1 is 0.817 bits per heavy atom. The summed E-state index contributed by atoms with van der Waals surface area (Å²) < 4.78 is 3.17. The van der Waals surface area contributed by atoms with Crippen LogP contribution in [0.3, 0.4) is 0 Å². The molecule has 0 bridgehead atoms. The molecule has 1 aromatic carbocycles. The molecule has 10 rings (SSSR count). The van der Waals surface area contributed by atoms with Crippen molar-refractivity contribution < 1.29 is 9.59 Å². The summed E-state index contributed by atoms with van der Waals surface area (Å²) in [5.41, 5.74) is 6.40.